The summed E-state index contributed by atoms with van der Waals surface area (Å²) in [5.41, 5.74) is 3.21. The summed E-state index contributed by atoms with van der Waals surface area (Å²) in [6, 6.07) is 13.7. The van der Waals surface area contributed by atoms with Crippen LogP contribution in [0.3, 0.4) is 0 Å². The lowest BCUT2D eigenvalue weighted by Crippen LogP contribution is -2.30. The number of hydrogen-bond acceptors (Lipinski definition) is 4. The Morgan fingerprint density at radius 2 is 1.84 bits per heavy atom. The Morgan fingerprint density at radius 1 is 1.09 bits per heavy atom. The molecule has 0 spiro atoms. The summed E-state index contributed by atoms with van der Waals surface area (Å²) < 4.78 is 29.2. The van der Waals surface area contributed by atoms with Gasteiger partial charge in [0.25, 0.3) is 5.91 Å². The maximum Gasteiger partial charge on any atom is 0.255 e. The van der Waals surface area contributed by atoms with Gasteiger partial charge in [-0.1, -0.05) is 19.9 Å². The lowest BCUT2D eigenvalue weighted by atomic mass is 10.1. The van der Waals surface area contributed by atoms with Gasteiger partial charge in [0, 0.05) is 48.3 Å². The Morgan fingerprint density at radius 3 is 2.56 bits per heavy atom. The number of rotatable bonds is 7. The van der Waals surface area contributed by atoms with E-state index < -0.39 is 10.0 Å². The molecule has 1 aromatic heterocycles. The normalized spacial score (nSPS) is 13.7. The Kier molecular flexibility index (Phi) is 6.43. The molecule has 0 atom stereocenters. The number of nitrogens with one attached hydrogen (secondary N) is 1. The number of amides is 1. The quantitative estimate of drug-likeness (QED) is 0.583. The number of nitrogens with zero attached hydrogens (tertiary/aromatic N) is 3. The van der Waals surface area contributed by atoms with Crippen LogP contribution in [0.5, 0.6) is 0 Å². The SMILES string of the molecule is CCN(CC)S(=O)(=O)c1cccc(C(=O)Nc2ccc(-c3ncc4n3CCCC4)cc2)c1. The average molecular weight is 453 g/mol. The number of imidazole rings is 1. The molecular weight excluding hydrogens is 424 g/mol. The first-order valence-electron chi connectivity index (χ1n) is 11.0. The maximum absolute atomic E-state index is 12.8. The molecule has 4 rings (SSSR count). The van der Waals surface area contributed by atoms with Crippen LogP contribution in [-0.4, -0.2) is 41.3 Å². The van der Waals surface area contributed by atoms with Crippen molar-refractivity contribution in [1.82, 2.24) is 13.9 Å². The lowest BCUT2D eigenvalue weighted by Gasteiger charge is -2.18. The highest BCUT2D eigenvalue weighted by atomic mass is 32.2. The minimum atomic E-state index is -3.62. The van der Waals surface area contributed by atoms with Crippen LogP contribution in [0.2, 0.25) is 0 Å². The Labute approximate surface area is 189 Å². The molecule has 0 aliphatic carbocycles. The van der Waals surface area contributed by atoms with Crippen LogP contribution < -0.4 is 5.32 Å². The highest BCUT2D eigenvalue weighted by molar-refractivity contribution is 7.89. The third-order valence-electron chi connectivity index (χ3n) is 5.84. The van der Waals surface area contributed by atoms with E-state index in [9.17, 15) is 13.2 Å². The number of hydrogen-bond donors (Lipinski definition) is 1. The standard InChI is InChI=1S/C24H28N4O3S/c1-3-27(4-2)32(30,31)22-10-7-8-19(16-22)24(29)26-20-13-11-18(12-14-20)23-25-17-21-9-5-6-15-28(21)23/h7-8,10-14,16-17H,3-6,9,15H2,1-2H3,(H,26,29). The van der Waals surface area contributed by atoms with Gasteiger partial charge < -0.3 is 9.88 Å². The lowest BCUT2D eigenvalue weighted by molar-refractivity contribution is 0.102. The number of anilines is 1. The van der Waals surface area contributed by atoms with Gasteiger partial charge in [-0.25, -0.2) is 13.4 Å². The summed E-state index contributed by atoms with van der Waals surface area (Å²) in [6.07, 6.45) is 5.37. The summed E-state index contributed by atoms with van der Waals surface area (Å²) in [4.78, 5) is 17.5. The van der Waals surface area contributed by atoms with Crippen molar-refractivity contribution >= 4 is 21.6 Å². The van der Waals surface area contributed by atoms with Crippen molar-refractivity contribution in [1.29, 1.82) is 0 Å². The number of carbonyl (C=O) groups is 1. The molecule has 0 bridgehead atoms. The van der Waals surface area contributed by atoms with E-state index in [1.807, 2.05) is 30.5 Å². The Hall–Kier alpha value is -2.97. The van der Waals surface area contributed by atoms with Gasteiger partial charge in [0.05, 0.1) is 4.90 Å². The van der Waals surface area contributed by atoms with Gasteiger partial charge in [0.1, 0.15) is 5.82 Å². The van der Waals surface area contributed by atoms with Crippen molar-refractivity contribution in [2.45, 2.75) is 44.6 Å². The zero-order valence-corrected chi connectivity index (χ0v) is 19.2. The predicted molar refractivity (Wildman–Crippen MR) is 125 cm³/mol. The molecule has 32 heavy (non-hydrogen) atoms. The average Bonchev–Trinajstić information content (AvgIpc) is 3.24. The van der Waals surface area contributed by atoms with Crippen molar-refractivity contribution in [2.75, 3.05) is 18.4 Å². The van der Waals surface area contributed by atoms with E-state index in [-0.39, 0.29) is 10.8 Å². The van der Waals surface area contributed by atoms with Crippen molar-refractivity contribution in [3.05, 3.63) is 66.0 Å². The molecule has 168 valence electrons. The molecule has 0 fully saturated rings. The number of sulfonamides is 1. The van der Waals surface area contributed by atoms with E-state index in [1.54, 1.807) is 26.0 Å². The molecule has 0 saturated carbocycles. The molecule has 1 aliphatic rings. The molecule has 7 nitrogen and oxygen atoms in total. The summed E-state index contributed by atoms with van der Waals surface area (Å²) in [7, 11) is -3.62. The molecular formula is C24H28N4O3S. The third kappa shape index (κ3) is 4.33. The van der Waals surface area contributed by atoms with Crippen LogP contribution in [0.15, 0.2) is 59.6 Å². The first-order chi connectivity index (χ1) is 15.4. The molecule has 0 unspecified atom stereocenters. The molecule has 2 aromatic carbocycles. The number of benzene rings is 2. The molecule has 1 N–H and O–H groups in total. The van der Waals surface area contributed by atoms with Gasteiger partial charge >= 0.3 is 0 Å². The molecule has 0 radical (unpaired) electrons. The fourth-order valence-electron chi connectivity index (χ4n) is 4.08. The van der Waals surface area contributed by atoms with Gasteiger partial charge in [-0.15, -0.1) is 0 Å². The first-order valence-corrected chi connectivity index (χ1v) is 12.4. The number of aryl methyl sites for hydroxylation is 1. The second-order valence-corrected chi connectivity index (χ2v) is 9.77. The number of fused-ring (bicyclic) bond motifs is 1. The van der Waals surface area contributed by atoms with Gasteiger partial charge in [0.15, 0.2) is 0 Å². The minimum Gasteiger partial charge on any atom is -0.328 e. The maximum atomic E-state index is 12.8. The molecule has 3 aromatic rings. The van der Waals surface area contributed by atoms with E-state index in [0.717, 1.165) is 30.8 Å². The zero-order chi connectivity index (χ0) is 22.7. The van der Waals surface area contributed by atoms with Crippen LogP contribution in [0.1, 0.15) is 42.7 Å². The molecule has 8 heteroatoms. The van der Waals surface area contributed by atoms with Crippen molar-refractivity contribution < 1.29 is 13.2 Å². The van der Waals surface area contributed by atoms with E-state index in [4.69, 9.17) is 0 Å². The topological polar surface area (TPSA) is 84.3 Å². The van der Waals surface area contributed by atoms with Crippen LogP contribution >= 0.6 is 0 Å². The van der Waals surface area contributed by atoms with E-state index in [0.29, 0.717) is 24.3 Å². The second-order valence-electron chi connectivity index (χ2n) is 7.83. The molecule has 2 heterocycles. The number of aromatic nitrogens is 2. The highest BCUT2D eigenvalue weighted by Gasteiger charge is 2.22. The monoisotopic (exact) mass is 452 g/mol. The molecule has 0 saturated heterocycles. The van der Waals surface area contributed by atoms with Crippen molar-refractivity contribution in [3.63, 3.8) is 0 Å². The summed E-state index contributed by atoms with van der Waals surface area (Å²) in [6.45, 7) is 5.32. The van der Waals surface area contributed by atoms with Crippen LogP contribution in [-0.2, 0) is 23.0 Å². The fourth-order valence-corrected chi connectivity index (χ4v) is 5.59. The van der Waals surface area contributed by atoms with Crippen LogP contribution in [0.25, 0.3) is 11.4 Å². The third-order valence-corrected chi connectivity index (χ3v) is 7.89. The van der Waals surface area contributed by atoms with Gasteiger partial charge in [-0.2, -0.15) is 4.31 Å². The second kappa shape index (κ2) is 9.26. The summed E-state index contributed by atoms with van der Waals surface area (Å²) >= 11 is 0. The van der Waals surface area contributed by atoms with E-state index in [1.165, 1.54) is 28.6 Å². The number of carbonyl (C=O) groups excluding carboxylic acids is 1. The van der Waals surface area contributed by atoms with Crippen molar-refractivity contribution in [2.24, 2.45) is 0 Å². The minimum absolute atomic E-state index is 0.119. The Balaban J connectivity index is 1.51. The van der Waals surface area contributed by atoms with Crippen LogP contribution in [0.4, 0.5) is 5.69 Å². The fraction of sp³-hybridized carbons (Fsp3) is 0.333. The van der Waals surface area contributed by atoms with Crippen LogP contribution in [0, 0.1) is 0 Å². The van der Waals surface area contributed by atoms with Gasteiger partial charge in [0.2, 0.25) is 10.0 Å². The largest absolute Gasteiger partial charge is 0.328 e. The smallest absolute Gasteiger partial charge is 0.255 e. The zero-order valence-electron chi connectivity index (χ0n) is 18.4. The summed E-state index contributed by atoms with van der Waals surface area (Å²) in [5.74, 6) is 0.597. The predicted octanol–water partition coefficient (Wildman–Crippen LogP) is 4.17. The van der Waals surface area contributed by atoms with E-state index in [2.05, 4.69) is 14.9 Å². The highest BCUT2D eigenvalue weighted by Crippen LogP contribution is 2.26. The molecule has 1 amide bonds. The summed E-state index contributed by atoms with van der Waals surface area (Å²) in [5, 5.41) is 2.85. The Bertz CT molecular complexity index is 1210. The van der Waals surface area contributed by atoms with Gasteiger partial charge in [-0.3, -0.25) is 4.79 Å². The van der Waals surface area contributed by atoms with E-state index >= 15 is 0 Å². The van der Waals surface area contributed by atoms with Crippen molar-refractivity contribution in [3.8, 4) is 11.4 Å². The molecule has 1 aliphatic heterocycles. The first kappa shape index (κ1) is 22.2. The van der Waals surface area contributed by atoms with Gasteiger partial charge in [-0.05, 0) is 61.7 Å².